The van der Waals surface area contributed by atoms with E-state index in [1.54, 1.807) is 0 Å². The lowest BCUT2D eigenvalue weighted by molar-refractivity contribution is -0.123. The first-order chi connectivity index (χ1) is 8.84. The van der Waals surface area contributed by atoms with Crippen LogP contribution in [-0.4, -0.2) is 5.78 Å². The molecule has 0 radical (unpaired) electrons. The van der Waals surface area contributed by atoms with Gasteiger partial charge in [0.1, 0.15) is 5.78 Å². The number of hydrogen-bond acceptors (Lipinski definition) is 1. The van der Waals surface area contributed by atoms with Crippen LogP contribution in [0, 0.1) is 5.92 Å². The number of carbonyl (C=O) groups is 1. The molecule has 0 aromatic rings. The second-order valence-electron chi connectivity index (χ2n) is 6.03. The molecule has 0 amide bonds. The molecule has 1 atom stereocenters. The van der Waals surface area contributed by atoms with E-state index in [1.165, 1.54) is 77.0 Å². The van der Waals surface area contributed by atoms with Gasteiger partial charge < -0.3 is 0 Å². The Kier molecular flexibility index (Phi) is 9.24. The number of hydrogen-bond donors (Lipinski definition) is 0. The lowest BCUT2D eigenvalue weighted by Crippen LogP contribution is -2.14. The van der Waals surface area contributed by atoms with Crippen molar-refractivity contribution >= 4 is 5.78 Å². The lowest BCUT2D eigenvalue weighted by atomic mass is 9.90. The summed E-state index contributed by atoms with van der Waals surface area (Å²) in [5.74, 6) is 0.986. The molecule has 0 bridgehead atoms. The number of carbonyl (C=O) groups excluding carboxylic acids is 1. The van der Waals surface area contributed by atoms with E-state index in [1.807, 2.05) is 0 Å². The van der Waals surface area contributed by atoms with E-state index in [-0.39, 0.29) is 0 Å². The third-order valence-corrected chi connectivity index (χ3v) is 4.34. The van der Waals surface area contributed by atoms with Crippen molar-refractivity contribution in [1.82, 2.24) is 0 Å². The van der Waals surface area contributed by atoms with Gasteiger partial charge in [0.15, 0.2) is 0 Å². The van der Waals surface area contributed by atoms with Crippen LogP contribution in [0.4, 0.5) is 0 Å². The Bertz CT molecular complexity index is 210. The maximum Gasteiger partial charge on any atom is 0.135 e. The van der Waals surface area contributed by atoms with Crippen LogP contribution < -0.4 is 0 Å². The van der Waals surface area contributed by atoms with Crippen molar-refractivity contribution in [3.63, 3.8) is 0 Å². The molecule has 0 heterocycles. The number of rotatable bonds is 7. The van der Waals surface area contributed by atoms with Gasteiger partial charge in [-0.1, -0.05) is 71.1 Å². The Balaban J connectivity index is 2.14. The maximum absolute atomic E-state index is 12.1. The van der Waals surface area contributed by atoms with Gasteiger partial charge in [0.05, 0.1) is 0 Å². The molecule has 0 saturated heterocycles. The summed E-state index contributed by atoms with van der Waals surface area (Å²) in [6, 6.07) is 0. The van der Waals surface area contributed by atoms with E-state index >= 15 is 0 Å². The Morgan fingerprint density at radius 3 is 2.39 bits per heavy atom. The van der Waals surface area contributed by atoms with E-state index in [0.717, 1.165) is 12.8 Å². The molecule has 0 N–H and O–H groups in total. The molecular weight excluding hydrogens is 220 g/mol. The average molecular weight is 252 g/mol. The first kappa shape index (κ1) is 15.7. The minimum Gasteiger partial charge on any atom is -0.299 e. The summed E-state index contributed by atoms with van der Waals surface area (Å²) in [6.45, 7) is 2.26. The van der Waals surface area contributed by atoms with E-state index < -0.39 is 0 Å². The van der Waals surface area contributed by atoms with Crippen LogP contribution in [-0.2, 0) is 4.79 Å². The summed E-state index contributed by atoms with van der Waals surface area (Å²) >= 11 is 0. The van der Waals surface area contributed by atoms with E-state index in [9.17, 15) is 4.79 Å². The fourth-order valence-corrected chi connectivity index (χ4v) is 3.06. The summed E-state index contributed by atoms with van der Waals surface area (Å²) in [6.07, 6.45) is 17.7. The van der Waals surface area contributed by atoms with E-state index in [4.69, 9.17) is 0 Å². The Morgan fingerprint density at radius 1 is 0.889 bits per heavy atom. The second-order valence-corrected chi connectivity index (χ2v) is 6.03. The van der Waals surface area contributed by atoms with Crippen molar-refractivity contribution in [2.24, 2.45) is 5.92 Å². The number of unbranched alkanes of at least 4 members (excludes halogenated alkanes) is 5. The van der Waals surface area contributed by atoms with Gasteiger partial charge in [-0.2, -0.15) is 0 Å². The normalized spacial score (nSPS) is 22.3. The van der Waals surface area contributed by atoms with Gasteiger partial charge in [-0.05, 0) is 19.3 Å². The van der Waals surface area contributed by atoms with Crippen LogP contribution in [0.2, 0.25) is 0 Å². The third kappa shape index (κ3) is 7.18. The van der Waals surface area contributed by atoms with Gasteiger partial charge in [0.2, 0.25) is 0 Å². The topological polar surface area (TPSA) is 17.1 Å². The quantitative estimate of drug-likeness (QED) is 0.534. The molecule has 106 valence electrons. The van der Waals surface area contributed by atoms with Gasteiger partial charge in [-0.3, -0.25) is 4.79 Å². The zero-order valence-corrected chi connectivity index (χ0v) is 12.4. The SMILES string of the molecule is CCCCCCCCC1CCCCCCCC1=O. The lowest BCUT2D eigenvalue weighted by Gasteiger charge is -2.14. The van der Waals surface area contributed by atoms with Gasteiger partial charge in [-0.15, -0.1) is 0 Å². The number of ketones is 1. The molecule has 1 fully saturated rings. The minimum absolute atomic E-state index is 0.411. The van der Waals surface area contributed by atoms with Gasteiger partial charge in [0.25, 0.3) is 0 Å². The van der Waals surface area contributed by atoms with E-state index in [0.29, 0.717) is 11.7 Å². The van der Waals surface area contributed by atoms with Crippen molar-refractivity contribution < 1.29 is 4.79 Å². The molecular formula is C17H32O. The molecule has 0 aromatic carbocycles. The van der Waals surface area contributed by atoms with Crippen molar-refractivity contribution in [3.8, 4) is 0 Å². The highest BCUT2D eigenvalue weighted by molar-refractivity contribution is 5.80. The summed E-state index contributed by atoms with van der Waals surface area (Å²) in [5.41, 5.74) is 0. The summed E-state index contributed by atoms with van der Waals surface area (Å²) in [4.78, 5) is 12.1. The first-order valence-corrected chi connectivity index (χ1v) is 8.37. The molecule has 18 heavy (non-hydrogen) atoms. The molecule has 1 aliphatic rings. The Labute approximate surface area is 114 Å². The largest absolute Gasteiger partial charge is 0.299 e. The summed E-state index contributed by atoms with van der Waals surface area (Å²) < 4.78 is 0. The molecule has 0 aliphatic heterocycles. The predicted octanol–water partition coefficient (Wildman–Crippen LogP) is 5.67. The van der Waals surface area contributed by atoms with Crippen LogP contribution in [0.3, 0.4) is 0 Å². The smallest absolute Gasteiger partial charge is 0.135 e. The zero-order valence-electron chi connectivity index (χ0n) is 12.4. The molecule has 1 nitrogen and oxygen atoms in total. The molecule has 0 spiro atoms. The summed E-state index contributed by atoms with van der Waals surface area (Å²) in [5, 5.41) is 0. The minimum atomic E-state index is 0.411. The van der Waals surface area contributed by atoms with Crippen molar-refractivity contribution in [3.05, 3.63) is 0 Å². The Morgan fingerprint density at radius 2 is 1.56 bits per heavy atom. The third-order valence-electron chi connectivity index (χ3n) is 4.34. The number of Topliss-reactive ketones (excluding diaryl/α,β-unsaturated/α-hetero) is 1. The van der Waals surface area contributed by atoms with Crippen molar-refractivity contribution in [2.75, 3.05) is 0 Å². The molecule has 1 heteroatoms. The van der Waals surface area contributed by atoms with Crippen molar-refractivity contribution in [1.29, 1.82) is 0 Å². The highest BCUT2D eigenvalue weighted by Gasteiger charge is 2.18. The van der Waals surface area contributed by atoms with E-state index in [2.05, 4.69) is 6.92 Å². The maximum atomic E-state index is 12.1. The Hall–Kier alpha value is -0.330. The van der Waals surface area contributed by atoms with Crippen LogP contribution in [0.15, 0.2) is 0 Å². The van der Waals surface area contributed by atoms with Crippen molar-refractivity contribution in [2.45, 2.75) is 96.8 Å². The van der Waals surface area contributed by atoms with Gasteiger partial charge >= 0.3 is 0 Å². The van der Waals surface area contributed by atoms with Crippen LogP contribution in [0.5, 0.6) is 0 Å². The molecule has 0 aromatic heterocycles. The average Bonchev–Trinajstić information content (AvgIpc) is 2.47. The predicted molar refractivity (Wildman–Crippen MR) is 78.8 cm³/mol. The molecule has 1 unspecified atom stereocenters. The summed E-state index contributed by atoms with van der Waals surface area (Å²) in [7, 11) is 0. The highest BCUT2D eigenvalue weighted by atomic mass is 16.1. The first-order valence-electron chi connectivity index (χ1n) is 8.37. The standard InChI is InChI=1S/C17H32O/c1-2-3-4-5-7-10-13-16-14-11-8-6-9-12-15-17(16)18/h16H,2-15H2,1H3. The molecule has 1 saturated carbocycles. The van der Waals surface area contributed by atoms with Crippen LogP contribution in [0.25, 0.3) is 0 Å². The van der Waals surface area contributed by atoms with Crippen LogP contribution in [0.1, 0.15) is 96.8 Å². The van der Waals surface area contributed by atoms with Gasteiger partial charge in [-0.25, -0.2) is 0 Å². The second kappa shape index (κ2) is 10.6. The fourth-order valence-electron chi connectivity index (χ4n) is 3.06. The monoisotopic (exact) mass is 252 g/mol. The van der Waals surface area contributed by atoms with Gasteiger partial charge in [0, 0.05) is 12.3 Å². The zero-order chi connectivity index (χ0) is 13.1. The van der Waals surface area contributed by atoms with Crippen LogP contribution >= 0.6 is 0 Å². The molecule has 1 aliphatic carbocycles. The molecule has 1 rings (SSSR count). The fraction of sp³-hybridized carbons (Fsp3) is 0.941. The highest BCUT2D eigenvalue weighted by Crippen LogP contribution is 2.24.